The Hall–Kier alpha value is -2.62. The minimum atomic E-state index is -0.945. The fourth-order valence-electron chi connectivity index (χ4n) is 3.87. The van der Waals surface area contributed by atoms with Gasteiger partial charge in [0.25, 0.3) is 0 Å². The van der Waals surface area contributed by atoms with Crippen LogP contribution in [0, 0.1) is 5.92 Å². The van der Waals surface area contributed by atoms with E-state index in [1.54, 1.807) is 42.3 Å². The molecule has 0 saturated carbocycles. The first kappa shape index (κ1) is 18.7. The minimum Gasteiger partial charge on any atom is -0.315 e. The van der Waals surface area contributed by atoms with Gasteiger partial charge >= 0.3 is 0 Å². The third-order valence-corrected chi connectivity index (χ3v) is 5.90. The Morgan fingerprint density at radius 2 is 1.39 bits per heavy atom. The van der Waals surface area contributed by atoms with Crippen LogP contribution in [-0.2, 0) is 4.79 Å². The molecule has 3 aromatic carbocycles. The van der Waals surface area contributed by atoms with Crippen molar-refractivity contribution in [3.63, 3.8) is 0 Å². The van der Waals surface area contributed by atoms with Gasteiger partial charge in [-0.25, -0.2) is 0 Å². The summed E-state index contributed by atoms with van der Waals surface area (Å²) in [5.74, 6) is -2.01. The lowest BCUT2D eigenvalue weighted by molar-refractivity contribution is -0.121. The molecule has 0 fully saturated rings. The second-order valence-corrected chi connectivity index (χ2v) is 7.59. The summed E-state index contributed by atoms with van der Waals surface area (Å²) in [6, 6.07) is 21.8. The number of fused-ring (bicyclic) bond motifs is 1. The Kier molecular flexibility index (Phi) is 4.96. The molecular weight excluding hydrogens is 393 g/mol. The molecule has 0 aromatic heterocycles. The Morgan fingerprint density at radius 1 is 0.821 bits per heavy atom. The number of halogens is 2. The molecule has 1 heterocycles. The van der Waals surface area contributed by atoms with Gasteiger partial charge in [0.1, 0.15) is 5.92 Å². The Morgan fingerprint density at radius 3 is 2.07 bits per heavy atom. The molecule has 0 aliphatic carbocycles. The van der Waals surface area contributed by atoms with Crippen LogP contribution in [0.4, 0.5) is 5.69 Å². The van der Waals surface area contributed by atoms with Crippen molar-refractivity contribution in [3.05, 3.63) is 99.5 Å². The summed E-state index contributed by atoms with van der Waals surface area (Å²) in [6.07, 6.45) is 0. The van der Waals surface area contributed by atoms with Gasteiger partial charge in [-0.3, -0.25) is 9.59 Å². The van der Waals surface area contributed by atoms with E-state index in [2.05, 4.69) is 0 Å². The van der Waals surface area contributed by atoms with Gasteiger partial charge in [-0.2, -0.15) is 0 Å². The van der Waals surface area contributed by atoms with Crippen molar-refractivity contribution < 1.29 is 9.59 Å². The number of anilines is 1. The van der Waals surface area contributed by atoms with Crippen LogP contribution in [0.5, 0.6) is 0 Å². The zero-order valence-corrected chi connectivity index (χ0v) is 16.6. The first-order valence-electron chi connectivity index (χ1n) is 8.90. The molecule has 5 heteroatoms. The quantitative estimate of drug-likeness (QED) is 0.416. The lowest BCUT2D eigenvalue weighted by Crippen LogP contribution is -2.45. The highest BCUT2D eigenvalue weighted by atomic mass is 35.5. The molecule has 0 N–H and O–H groups in total. The van der Waals surface area contributed by atoms with Gasteiger partial charge in [0.2, 0.25) is 5.91 Å². The molecule has 1 aliphatic rings. The fraction of sp³-hybridized carbons (Fsp3) is 0.130. The molecule has 3 nitrogen and oxygen atoms in total. The number of ketones is 1. The number of hydrogen-bond acceptors (Lipinski definition) is 2. The molecule has 140 valence electrons. The largest absolute Gasteiger partial charge is 0.315 e. The van der Waals surface area contributed by atoms with Crippen LogP contribution in [0.15, 0.2) is 72.8 Å². The minimum absolute atomic E-state index is 0.270. The van der Waals surface area contributed by atoms with Crippen LogP contribution in [0.3, 0.4) is 0 Å². The highest BCUT2D eigenvalue weighted by Gasteiger charge is 2.45. The van der Waals surface area contributed by atoms with Crippen molar-refractivity contribution in [2.45, 2.75) is 5.92 Å². The number of amides is 1. The standard InChI is InChI=1S/C23H17Cl2NO2/c1-26-19-13-7-4-10-16(19)20(14-8-2-5-11-17(14)24)21(23(26)28)22(27)15-9-3-6-12-18(15)25/h2-13,20-21H,1H3. The third-order valence-electron chi connectivity index (χ3n) is 5.23. The number of nitrogens with zero attached hydrogens (tertiary/aromatic N) is 1. The third kappa shape index (κ3) is 3.01. The maximum Gasteiger partial charge on any atom is 0.238 e. The van der Waals surface area contributed by atoms with Crippen molar-refractivity contribution in [1.29, 1.82) is 0 Å². The van der Waals surface area contributed by atoms with Gasteiger partial charge in [-0.05, 0) is 35.4 Å². The van der Waals surface area contributed by atoms with E-state index < -0.39 is 11.8 Å². The molecule has 3 aromatic rings. The summed E-state index contributed by atoms with van der Waals surface area (Å²) >= 11 is 12.8. The lowest BCUT2D eigenvalue weighted by atomic mass is 9.73. The molecular formula is C23H17Cl2NO2. The monoisotopic (exact) mass is 409 g/mol. The fourth-order valence-corrected chi connectivity index (χ4v) is 4.35. The Bertz CT molecular complexity index is 1080. The van der Waals surface area contributed by atoms with Crippen LogP contribution >= 0.6 is 23.2 Å². The SMILES string of the molecule is CN1C(=O)C(C(=O)c2ccccc2Cl)C(c2ccccc2Cl)c2ccccc21. The first-order valence-corrected chi connectivity index (χ1v) is 9.66. The molecule has 28 heavy (non-hydrogen) atoms. The van der Waals surface area contributed by atoms with Crippen molar-refractivity contribution in [2.75, 3.05) is 11.9 Å². The molecule has 2 atom stereocenters. The molecule has 0 spiro atoms. The van der Waals surface area contributed by atoms with E-state index in [1.165, 1.54) is 0 Å². The summed E-state index contributed by atoms with van der Waals surface area (Å²) < 4.78 is 0. The molecule has 1 aliphatic heterocycles. The molecule has 1 amide bonds. The number of hydrogen-bond donors (Lipinski definition) is 0. The number of carbonyl (C=O) groups is 2. The van der Waals surface area contributed by atoms with E-state index in [0.717, 1.165) is 16.8 Å². The van der Waals surface area contributed by atoms with Gasteiger partial charge in [-0.15, -0.1) is 0 Å². The topological polar surface area (TPSA) is 37.4 Å². The maximum atomic E-state index is 13.5. The van der Waals surface area contributed by atoms with Crippen molar-refractivity contribution in [3.8, 4) is 0 Å². The summed E-state index contributed by atoms with van der Waals surface area (Å²) in [5.41, 5.74) is 2.76. The van der Waals surface area contributed by atoms with Gasteiger partial charge in [-0.1, -0.05) is 71.7 Å². The maximum absolute atomic E-state index is 13.5. The van der Waals surface area contributed by atoms with Crippen LogP contribution in [0.1, 0.15) is 27.4 Å². The highest BCUT2D eigenvalue weighted by molar-refractivity contribution is 6.35. The van der Waals surface area contributed by atoms with Gasteiger partial charge < -0.3 is 4.90 Å². The average molecular weight is 410 g/mol. The predicted octanol–water partition coefficient (Wildman–Crippen LogP) is 5.60. The Labute approximate surface area is 173 Å². The van der Waals surface area contributed by atoms with E-state index in [9.17, 15) is 9.59 Å². The summed E-state index contributed by atoms with van der Waals surface area (Å²) in [6.45, 7) is 0. The number of rotatable bonds is 3. The van der Waals surface area contributed by atoms with Crippen molar-refractivity contribution in [2.24, 2.45) is 5.92 Å². The van der Waals surface area contributed by atoms with E-state index in [-0.39, 0.29) is 11.7 Å². The van der Waals surface area contributed by atoms with Crippen molar-refractivity contribution >= 4 is 40.6 Å². The zero-order chi connectivity index (χ0) is 19.8. The highest BCUT2D eigenvalue weighted by Crippen LogP contribution is 2.46. The summed E-state index contributed by atoms with van der Waals surface area (Å²) in [4.78, 5) is 28.4. The molecule has 4 rings (SSSR count). The van der Waals surface area contributed by atoms with E-state index >= 15 is 0 Å². The van der Waals surface area contributed by atoms with E-state index in [1.807, 2.05) is 42.5 Å². The van der Waals surface area contributed by atoms with Crippen LogP contribution in [-0.4, -0.2) is 18.7 Å². The zero-order valence-electron chi connectivity index (χ0n) is 15.1. The van der Waals surface area contributed by atoms with Crippen molar-refractivity contribution in [1.82, 2.24) is 0 Å². The number of carbonyl (C=O) groups excluding carboxylic acids is 2. The molecule has 0 bridgehead atoms. The number of Topliss-reactive ketones (excluding diaryl/α,β-unsaturated/α-hetero) is 1. The second-order valence-electron chi connectivity index (χ2n) is 6.78. The number of benzene rings is 3. The van der Waals surface area contributed by atoms with Gasteiger partial charge in [0.15, 0.2) is 5.78 Å². The van der Waals surface area contributed by atoms with E-state index in [4.69, 9.17) is 23.2 Å². The normalized spacial score (nSPS) is 18.7. The van der Waals surface area contributed by atoms with Crippen LogP contribution < -0.4 is 4.90 Å². The average Bonchev–Trinajstić information content (AvgIpc) is 2.71. The van der Waals surface area contributed by atoms with Crippen LogP contribution in [0.2, 0.25) is 10.0 Å². The van der Waals surface area contributed by atoms with E-state index in [0.29, 0.717) is 15.6 Å². The van der Waals surface area contributed by atoms with Crippen LogP contribution in [0.25, 0.3) is 0 Å². The summed E-state index contributed by atoms with van der Waals surface area (Å²) in [7, 11) is 1.69. The van der Waals surface area contributed by atoms with Gasteiger partial charge in [0, 0.05) is 29.2 Å². The Balaban J connectivity index is 1.95. The number of para-hydroxylation sites is 1. The lowest BCUT2D eigenvalue weighted by Gasteiger charge is -2.37. The first-order chi connectivity index (χ1) is 13.5. The molecule has 0 saturated heterocycles. The van der Waals surface area contributed by atoms with Gasteiger partial charge in [0.05, 0.1) is 5.02 Å². The molecule has 0 radical (unpaired) electrons. The predicted molar refractivity (Wildman–Crippen MR) is 112 cm³/mol. The smallest absolute Gasteiger partial charge is 0.238 e. The molecule has 2 unspecified atom stereocenters. The summed E-state index contributed by atoms with van der Waals surface area (Å²) in [5, 5.41) is 0.858. The second kappa shape index (κ2) is 7.42.